The van der Waals surface area contributed by atoms with Gasteiger partial charge in [0, 0.05) is 25.0 Å². The van der Waals surface area contributed by atoms with E-state index in [9.17, 15) is 8.42 Å². The summed E-state index contributed by atoms with van der Waals surface area (Å²) in [5, 5.41) is 6.38. The summed E-state index contributed by atoms with van der Waals surface area (Å²) in [4.78, 5) is 6.71. The molecule has 1 fully saturated rings. The zero-order chi connectivity index (χ0) is 14.6. The Morgan fingerprint density at radius 2 is 2.20 bits per heavy atom. The van der Waals surface area contributed by atoms with E-state index in [1.54, 1.807) is 11.3 Å². The number of nitrogens with one attached hydrogen (secondary N) is 1. The molecule has 0 unspecified atom stereocenters. The fraction of sp³-hybridized carbons (Fsp3) is 0.769. The molecule has 0 spiro atoms. The van der Waals surface area contributed by atoms with Gasteiger partial charge in [0.05, 0.1) is 17.2 Å². The van der Waals surface area contributed by atoms with Crippen molar-refractivity contribution in [3.8, 4) is 0 Å². The van der Waals surface area contributed by atoms with Crippen LogP contribution in [-0.2, 0) is 16.4 Å². The van der Waals surface area contributed by atoms with E-state index >= 15 is 0 Å². The van der Waals surface area contributed by atoms with Crippen LogP contribution in [0.4, 0.5) is 5.13 Å². The monoisotopic (exact) mass is 317 g/mol. The molecule has 5 nitrogen and oxygen atoms in total. The molecule has 2 heterocycles. The summed E-state index contributed by atoms with van der Waals surface area (Å²) in [6.07, 6.45) is 0.697. The summed E-state index contributed by atoms with van der Waals surface area (Å²) in [5.41, 5.74) is 1.04. The van der Waals surface area contributed by atoms with Gasteiger partial charge in [0.1, 0.15) is 0 Å². The molecule has 1 N–H and O–H groups in total. The number of hydrogen-bond donors (Lipinski definition) is 1. The first-order valence-corrected chi connectivity index (χ1v) is 9.77. The molecule has 1 aromatic heterocycles. The Morgan fingerprint density at radius 1 is 1.40 bits per heavy atom. The van der Waals surface area contributed by atoms with Crippen LogP contribution in [0.5, 0.6) is 0 Å². The third-order valence-electron chi connectivity index (χ3n) is 3.22. The van der Waals surface area contributed by atoms with Crippen LogP contribution in [0.1, 0.15) is 26.0 Å². The van der Waals surface area contributed by atoms with Crippen LogP contribution in [0.3, 0.4) is 0 Å². The Labute approximate surface area is 125 Å². The maximum atomic E-state index is 11.6. The molecule has 0 atom stereocenters. The lowest BCUT2D eigenvalue weighted by atomic mass is 10.2. The van der Waals surface area contributed by atoms with E-state index in [0.717, 1.165) is 30.5 Å². The number of hydrogen-bond acceptors (Lipinski definition) is 6. The molecule has 1 saturated heterocycles. The van der Waals surface area contributed by atoms with Crippen LogP contribution in [0, 0.1) is 5.92 Å². The van der Waals surface area contributed by atoms with Gasteiger partial charge in [0.15, 0.2) is 15.0 Å². The molecule has 0 radical (unpaired) electrons. The molecular weight excluding hydrogens is 294 g/mol. The number of sulfone groups is 1. The fourth-order valence-electron chi connectivity index (χ4n) is 2.14. The molecule has 0 aliphatic carbocycles. The van der Waals surface area contributed by atoms with Gasteiger partial charge < -0.3 is 10.2 Å². The zero-order valence-corrected chi connectivity index (χ0v) is 13.8. The molecular formula is C13H23N3O2S2. The molecule has 2 rings (SSSR count). The molecule has 0 aromatic carbocycles. The lowest BCUT2D eigenvalue weighted by Crippen LogP contribution is -2.26. The summed E-state index contributed by atoms with van der Waals surface area (Å²) in [6, 6.07) is 0. The largest absolute Gasteiger partial charge is 0.347 e. The molecule has 114 valence electrons. The minimum absolute atomic E-state index is 0.244. The molecule has 7 heteroatoms. The van der Waals surface area contributed by atoms with Crippen LogP contribution < -0.4 is 10.2 Å². The predicted octanol–water partition coefficient (Wildman–Crippen LogP) is 1.51. The highest BCUT2D eigenvalue weighted by atomic mass is 32.2. The second-order valence-corrected chi connectivity index (χ2v) is 8.78. The normalized spacial score (nSPS) is 19.2. The number of rotatable bonds is 5. The van der Waals surface area contributed by atoms with E-state index < -0.39 is 9.84 Å². The number of thiazole rings is 1. The Bertz CT molecular complexity index is 525. The van der Waals surface area contributed by atoms with E-state index in [1.807, 2.05) is 0 Å². The van der Waals surface area contributed by atoms with Crippen molar-refractivity contribution in [1.29, 1.82) is 0 Å². The maximum Gasteiger partial charge on any atom is 0.185 e. The van der Waals surface area contributed by atoms with Crippen LogP contribution in [0.25, 0.3) is 0 Å². The number of aromatic nitrogens is 1. The van der Waals surface area contributed by atoms with Gasteiger partial charge in [-0.2, -0.15) is 0 Å². The first-order chi connectivity index (χ1) is 9.46. The second-order valence-electron chi connectivity index (χ2n) is 5.64. The first-order valence-electron chi connectivity index (χ1n) is 7.07. The van der Waals surface area contributed by atoms with Gasteiger partial charge in [-0.1, -0.05) is 13.8 Å². The maximum absolute atomic E-state index is 11.6. The van der Waals surface area contributed by atoms with Crippen molar-refractivity contribution in [3.05, 3.63) is 11.1 Å². The minimum Gasteiger partial charge on any atom is -0.347 e. The molecule has 1 aliphatic rings. The molecule has 0 saturated carbocycles. The van der Waals surface area contributed by atoms with Crippen molar-refractivity contribution >= 4 is 26.3 Å². The molecule has 20 heavy (non-hydrogen) atoms. The lowest BCUT2D eigenvalue weighted by Gasteiger charge is -2.17. The predicted molar refractivity (Wildman–Crippen MR) is 84.1 cm³/mol. The van der Waals surface area contributed by atoms with Crippen LogP contribution in [0.15, 0.2) is 5.38 Å². The third kappa shape index (κ3) is 4.71. The number of anilines is 1. The highest BCUT2D eigenvalue weighted by Crippen LogP contribution is 2.22. The van der Waals surface area contributed by atoms with E-state index in [1.165, 1.54) is 0 Å². The lowest BCUT2D eigenvalue weighted by molar-refractivity contribution is 0.549. The summed E-state index contributed by atoms with van der Waals surface area (Å²) < 4.78 is 23.2. The average molecular weight is 317 g/mol. The SMILES string of the molecule is CC(C)CNCc1csc(N2CCCS(=O)(=O)CC2)n1. The Morgan fingerprint density at radius 3 is 2.95 bits per heavy atom. The van der Waals surface area contributed by atoms with E-state index in [-0.39, 0.29) is 5.75 Å². The highest BCUT2D eigenvalue weighted by molar-refractivity contribution is 7.91. The van der Waals surface area contributed by atoms with E-state index in [2.05, 4.69) is 34.4 Å². The van der Waals surface area contributed by atoms with Crippen molar-refractivity contribution in [2.24, 2.45) is 5.92 Å². The topological polar surface area (TPSA) is 62.3 Å². The Kier molecular flexibility index (Phi) is 5.40. The van der Waals surface area contributed by atoms with Crippen molar-refractivity contribution in [2.45, 2.75) is 26.8 Å². The minimum atomic E-state index is -2.85. The summed E-state index contributed by atoms with van der Waals surface area (Å²) >= 11 is 1.60. The van der Waals surface area contributed by atoms with E-state index in [0.29, 0.717) is 24.6 Å². The van der Waals surface area contributed by atoms with Crippen molar-refractivity contribution < 1.29 is 8.42 Å². The fourth-order valence-corrected chi connectivity index (χ4v) is 4.29. The smallest absolute Gasteiger partial charge is 0.185 e. The Hall–Kier alpha value is -0.660. The molecule has 0 amide bonds. The summed E-state index contributed by atoms with van der Waals surface area (Å²) in [5.74, 6) is 1.18. The van der Waals surface area contributed by atoms with E-state index in [4.69, 9.17) is 0 Å². The summed E-state index contributed by atoms with van der Waals surface area (Å²) in [7, 11) is -2.85. The van der Waals surface area contributed by atoms with Gasteiger partial charge in [-0.25, -0.2) is 13.4 Å². The van der Waals surface area contributed by atoms with Crippen LogP contribution in [0.2, 0.25) is 0 Å². The van der Waals surface area contributed by atoms with Gasteiger partial charge in [-0.3, -0.25) is 0 Å². The average Bonchev–Trinajstić information content (AvgIpc) is 2.74. The standard InChI is InChI=1S/C13H23N3O2S2/c1-11(2)8-14-9-12-10-19-13(15-12)16-4-3-6-20(17,18)7-5-16/h10-11,14H,3-9H2,1-2H3. The molecule has 1 aliphatic heterocycles. The van der Waals surface area contributed by atoms with Gasteiger partial charge >= 0.3 is 0 Å². The zero-order valence-electron chi connectivity index (χ0n) is 12.1. The van der Waals surface area contributed by atoms with Crippen molar-refractivity contribution in [3.63, 3.8) is 0 Å². The van der Waals surface area contributed by atoms with Gasteiger partial charge in [-0.15, -0.1) is 11.3 Å². The third-order valence-corrected chi connectivity index (χ3v) is 5.89. The van der Waals surface area contributed by atoms with Crippen molar-refractivity contribution in [1.82, 2.24) is 10.3 Å². The van der Waals surface area contributed by atoms with Crippen molar-refractivity contribution in [2.75, 3.05) is 36.0 Å². The Balaban J connectivity index is 1.91. The quantitative estimate of drug-likeness (QED) is 0.892. The van der Waals surface area contributed by atoms with Gasteiger partial charge in [0.25, 0.3) is 0 Å². The highest BCUT2D eigenvalue weighted by Gasteiger charge is 2.20. The molecule has 0 bridgehead atoms. The first kappa shape index (κ1) is 15.7. The van der Waals surface area contributed by atoms with Crippen LogP contribution in [-0.4, -0.2) is 44.5 Å². The summed E-state index contributed by atoms with van der Waals surface area (Å²) in [6.45, 7) is 7.46. The number of nitrogens with zero attached hydrogens (tertiary/aromatic N) is 2. The second kappa shape index (κ2) is 6.87. The van der Waals surface area contributed by atoms with Gasteiger partial charge in [-0.05, 0) is 18.9 Å². The van der Waals surface area contributed by atoms with Gasteiger partial charge in [0.2, 0.25) is 0 Å². The molecule has 1 aromatic rings. The van der Waals surface area contributed by atoms with Crippen LogP contribution >= 0.6 is 11.3 Å².